The summed E-state index contributed by atoms with van der Waals surface area (Å²) in [7, 11) is -19.4. The van der Waals surface area contributed by atoms with Crippen LogP contribution in [0.4, 0.5) is 38.9 Å². The first-order valence-electron chi connectivity index (χ1n) is 16.2. The van der Waals surface area contributed by atoms with Crippen molar-refractivity contribution in [2.24, 2.45) is 20.5 Å². The second-order valence-corrected chi connectivity index (χ2v) is 17.9. The van der Waals surface area contributed by atoms with Gasteiger partial charge in [-0.3, -0.25) is 18.2 Å². The molecular weight excluding hydrogens is 841 g/mol. The van der Waals surface area contributed by atoms with Gasteiger partial charge in [-0.15, -0.1) is 10.2 Å². The lowest BCUT2D eigenvalue weighted by Crippen LogP contribution is -2.19. The number of hydrogen-bond donors (Lipinski definition) is 6. The molecule has 23 heteroatoms. The van der Waals surface area contributed by atoms with E-state index in [9.17, 15) is 56.7 Å². The van der Waals surface area contributed by atoms with Gasteiger partial charge in [-0.25, -0.2) is 4.79 Å². The first kappa shape index (κ1) is 41.6. The van der Waals surface area contributed by atoms with Gasteiger partial charge in [-0.2, -0.15) is 43.9 Å². The number of hydrogen-bond acceptors (Lipinski definition) is 13. The highest BCUT2D eigenvalue weighted by Gasteiger charge is 2.25. The van der Waals surface area contributed by atoms with Gasteiger partial charge in [0.25, 0.3) is 40.5 Å². The van der Waals surface area contributed by atoms with Crippen molar-refractivity contribution in [1.82, 2.24) is 0 Å². The Hall–Kier alpha value is -6.05. The molecule has 0 aliphatic rings. The topological polar surface area (TPSA) is 308 Å². The standard InChI is InChI=1S/C35H28N6O13S4/c1-19-17-21(9-13-27(19)38-40-29-15-11-23-25(33(29)57(49,50)51)5-3-7-31(23)55(43,44)45)36-35(42)37-22-10-14-28(20(2)18-22)39-41-30-16-12-24-26(34(30)58(52,53)54)6-4-8-32(24)56(46,47)48/h3-18H,1-2H3,(H2,36,37,42)(H,43,44,45)(H,46,47,48)(H,49,50,51)(H,52,53,54). The van der Waals surface area contributed by atoms with Crippen molar-refractivity contribution in [3.63, 3.8) is 0 Å². The SMILES string of the molecule is Cc1cc(NC(=O)Nc2ccc(N=Nc3ccc4c(S(=O)(=O)O)cccc4c3S(=O)(=O)O)c(C)c2)ccc1N=Nc1ccc2c(S(=O)(=O)O)cccc2c1S(=O)(=O)O. The van der Waals surface area contributed by atoms with Gasteiger partial charge in [-0.1, -0.05) is 36.4 Å². The smallest absolute Gasteiger partial charge is 0.308 e. The molecule has 2 amide bonds. The van der Waals surface area contributed by atoms with E-state index < -0.39 is 66.1 Å². The Morgan fingerprint density at radius 1 is 0.448 bits per heavy atom. The Morgan fingerprint density at radius 3 is 1.12 bits per heavy atom. The molecule has 300 valence electrons. The van der Waals surface area contributed by atoms with Gasteiger partial charge in [0, 0.05) is 32.9 Å². The van der Waals surface area contributed by atoms with E-state index in [0.717, 1.165) is 24.3 Å². The second kappa shape index (κ2) is 15.4. The third-order valence-corrected chi connectivity index (χ3v) is 12.1. The molecule has 0 saturated carbocycles. The summed E-state index contributed by atoms with van der Waals surface area (Å²) < 4.78 is 136. The van der Waals surface area contributed by atoms with Crippen LogP contribution in [0, 0.1) is 13.8 Å². The highest BCUT2D eigenvalue weighted by Crippen LogP contribution is 2.38. The summed E-state index contributed by atoms with van der Waals surface area (Å²) in [5, 5.41) is 20.6. The maximum Gasteiger partial charge on any atom is 0.323 e. The summed E-state index contributed by atoms with van der Waals surface area (Å²) >= 11 is 0. The Bertz CT molecular complexity index is 3010. The zero-order chi connectivity index (χ0) is 42.4. The van der Waals surface area contributed by atoms with Gasteiger partial charge in [0.1, 0.15) is 31.0 Å². The van der Waals surface area contributed by atoms with Crippen LogP contribution in [0.1, 0.15) is 11.1 Å². The Balaban J connectivity index is 1.18. The lowest BCUT2D eigenvalue weighted by molar-refractivity contribution is 0.262. The quantitative estimate of drug-likeness (QED) is 0.0561. The van der Waals surface area contributed by atoms with Crippen molar-refractivity contribution in [3.8, 4) is 0 Å². The lowest BCUT2D eigenvalue weighted by Gasteiger charge is -2.11. The fraction of sp³-hybridized carbons (Fsp3) is 0.0571. The number of carbonyl (C=O) groups is 1. The molecule has 0 bridgehead atoms. The highest BCUT2D eigenvalue weighted by atomic mass is 32.2. The largest absolute Gasteiger partial charge is 0.323 e. The van der Waals surface area contributed by atoms with E-state index in [4.69, 9.17) is 0 Å². The number of nitrogens with zero attached hydrogens (tertiary/aromatic N) is 4. The minimum atomic E-state index is -4.97. The first-order valence-corrected chi connectivity index (χ1v) is 21.9. The minimum absolute atomic E-state index is 0.171. The van der Waals surface area contributed by atoms with E-state index in [-0.39, 0.29) is 44.3 Å². The molecule has 58 heavy (non-hydrogen) atoms. The summed E-state index contributed by atoms with van der Waals surface area (Å²) in [6.07, 6.45) is 0. The zero-order valence-corrected chi connectivity index (χ0v) is 32.9. The maximum absolute atomic E-state index is 12.9. The third kappa shape index (κ3) is 8.90. The van der Waals surface area contributed by atoms with E-state index in [2.05, 4.69) is 31.1 Å². The van der Waals surface area contributed by atoms with Crippen molar-refractivity contribution >= 4 is 102 Å². The second-order valence-electron chi connectivity index (χ2n) is 12.4. The van der Waals surface area contributed by atoms with Crippen molar-refractivity contribution < 1.29 is 56.7 Å². The van der Waals surface area contributed by atoms with Gasteiger partial charge in [0.15, 0.2) is 0 Å². The molecule has 0 aromatic heterocycles. The molecule has 6 aromatic carbocycles. The molecular formula is C35H28N6O13S4. The van der Waals surface area contributed by atoms with Crippen molar-refractivity contribution in [2.75, 3.05) is 10.6 Å². The molecule has 19 nitrogen and oxygen atoms in total. The average molecular weight is 869 g/mol. The highest BCUT2D eigenvalue weighted by molar-refractivity contribution is 7.87. The molecule has 0 aliphatic heterocycles. The van der Waals surface area contributed by atoms with Crippen LogP contribution in [0.15, 0.2) is 137 Å². The van der Waals surface area contributed by atoms with Gasteiger partial charge < -0.3 is 10.6 Å². The summed E-state index contributed by atoms with van der Waals surface area (Å²) in [5.74, 6) is 0. The van der Waals surface area contributed by atoms with Crippen LogP contribution in [0.2, 0.25) is 0 Å². The predicted molar refractivity (Wildman–Crippen MR) is 211 cm³/mol. The number of amides is 2. The lowest BCUT2D eigenvalue weighted by atomic mass is 10.1. The summed E-state index contributed by atoms with van der Waals surface area (Å²) in [4.78, 5) is 10.3. The number of rotatable bonds is 10. The molecule has 0 spiro atoms. The minimum Gasteiger partial charge on any atom is -0.308 e. The number of aryl methyl sites for hydroxylation is 2. The molecule has 0 unspecified atom stereocenters. The zero-order valence-electron chi connectivity index (χ0n) is 29.6. The average Bonchev–Trinajstić information content (AvgIpc) is 3.11. The maximum atomic E-state index is 12.9. The van der Waals surface area contributed by atoms with Crippen LogP contribution in [0.25, 0.3) is 21.5 Å². The van der Waals surface area contributed by atoms with Gasteiger partial charge >= 0.3 is 6.03 Å². The molecule has 6 rings (SSSR count). The Labute approximate surface area is 330 Å². The number of benzene rings is 6. The van der Waals surface area contributed by atoms with E-state index in [0.29, 0.717) is 22.5 Å². The van der Waals surface area contributed by atoms with Crippen LogP contribution in [0.5, 0.6) is 0 Å². The predicted octanol–water partition coefficient (Wildman–Crippen LogP) is 8.07. The molecule has 0 saturated heterocycles. The first-order chi connectivity index (χ1) is 27.0. The van der Waals surface area contributed by atoms with E-state index in [1.54, 1.807) is 26.0 Å². The number of urea groups is 1. The number of anilines is 2. The normalized spacial score (nSPS) is 12.8. The van der Waals surface area contributed by atoms with Crippen molar-refractivity contribution in [1.29, 1.82) is 0 Å². The fourth-order valence-electron chi connectivity index (χ4n) is 5.93. The van der Waals surface area contributed by atoms with Crippen molar-refractivity contribution in [2.45, 2.75) is 33.4 Å². The van der Waals surface area contributed by atoms with Gasteiger partial charge in [0.2, 0.25) is 0 Å². The van der Waals surface area contributed by atoms with E-state index in [1.807, 2.05) is 0 Å². The number of carbonyl (C=O) groups excluding carboxylic acids is 1. The molecule has 0 fully saturated rings. The third-order valence-electron chi connectivity index (χ3n) is 8.41. The Morgan fingerprint density at radius 2 is 0.793 bits per heavy atom. The molecule has 0 atom stereocenters. The summed E-state index contributed by atoms with van der Waals surface area (Å²) in [5.41, 5.74) is 1.47. The van der Waals surface area contributed by atoms with Gasteiger partial charge in [0.05, 0.1) is 11.4 Å². The van der Waals surface area contributed by atoms with Gasteiger partial charge in [-0.05, 0) is 85.6 Å². The molecule has 6 aromatic rings. The number of azo groups is 2. The summed E-state index contributed by atoms with van der Waals surface area (Å²) in [6.45, 7) is 3.26. The van der Waals surface area contributed by atoms with E-state index >= 15 is 0 Å². The molecule has 0 aliphatic carbocycles. The van der Waals surface area contributed by atoms with Crippen LogP contribution in [0.3, 0.4) is 0 Å². The Kier molecular flexibility index (Phi) is 11.0. The van der Waals surface area contributed by atoms with E-state index in [1.165, 1.54) is 60.7 Å². The number of fused-ring (bicyclic) bond motifs is 2. The molecule has 0 radical (unpaired) electrons. The number of nitrogens with one attached hydrogen (secondary N) is 2. The monoisotopic (exact) mass is 868 g/mol. The summed E-state index contributed by atoms with van der Waals surface area (Å²) in [6, 6.07) is 20.0. The van der Waals surface area contributed by atoms with Crippen molar-refractivity contribution in [3.05, 3.63) is 108 Å². The van der Waals surface area contributed by atoms with Crippen LogP contribution in [-0.2, 0) is 40.5 Å². The molecule has 6 N–H and O–H groups in total. The fourth-order valence-corrected chi connectivity index (χ4v) is 9.00. The van der Waals surface area contributed by atoms with Crippen LogP contribution < -0.4 is 10.6 Å². The molecule has 0 heterocycles. The van der Waals surface area contributed by atoms with Crippen LogP contribution in [-0.4, -0.2) is 57.9 Å². The van der Waals surface area contributed by atoms with Crippen LogP contribution >= 0.6 is 0 Å².